The van der Waals surface area contributed by atoms with Gasteiger partial charge in [-0.25, -0.2) is 9.97 Å². The molecule has 10 rings (SSSR count). The molecule has 50 heavy (non-hydrogen) atoms. The van der Waals surface area contributed by atoms with Gasteiger partial charge in [0.2, 0.25) is 0 Å². The number of aromatic nitrogens is 2. The predicted octanol–water partition coefficient (Wildman–Crippen LogP) is 13.5. The molecule has 0 aliphatic rings. The van der Waals surface area contributed by atoms with Gasteiger partial charge in [-0.1, -0.05) is 109 Å². The van der Waals surface area contributed by atoms with Crippen molar-refractivity contribution in [3.05, 3.63) is 170 Å². The molecule has 0 spiro atoms. The van der Waals surface area contributed by atoms with Crippen LogP contribution in [-0.2, 0) is 0 Å². The predicted molar refractivity (Wildman–Crippen MR) is 215 cm³/mol. The summed E-state index contributed by atoms with van der Waals surface area (Å²) in [7, 11) is 0. The van der Waals surface area contributed by atoms with Crippen LogP contribution in [0, 0.1) is 0 Å². The molecule has 0 atom stereocenters. The van der Waals surface area contributed by atoms with E-state index in [1.807, 2.05) is 34.8 Å². The first-order valence-corrected chi connectivity index (χ1v) is 18.4. The lowest BCUT2D eigenvalue weighted by atomic mass is 9.94. The van der Waals surface area contributed by atoms with Crippen LogP contribution < -0.4 is 0 Å². The van der Waals surface area contributed by atoms with Gasteiger partial charge in [-0.15, -0.1) is 22.7 Å². The van der Waals surface area contributed by atoms with Crippen LogP contribution in [0.4, 0.5) is 0 Å². The maximum absolute atomic E-state index is 5.23. The van der Waals surface area contributed by atoms with Crippen molar-refractivity contribution < 1.29 is 0 Å². The minimum atomic E-state index is 0.706. The van der Waals surface area contributed by atoms with Crippen LogP contribution in [0.15, 0.2) is 170 Å². The molecule has 0 fully saturated rings. The summed E-state index contributed by atoms with van der Waals surface area (Å²) < 4.78 is 5.22. The Kier molecular flexibility index (Phi) is 6.90. The Hall–Kier alpha value is -5.94. The Labute approximate surface area is 297 Å². The third-order valence-corrected chi connectivity index (χ3v) is 11.8. The summed E-state index contributed by atoms with van der Waals surface area (Å²) in [5.41, 5.74) is 9.54. The number of thiophene rings is 2. The second kappa shape index (κ2) is 11.9. The second-order valence-electron chi connectivity index (χ2n) is 12.6. The summed E-state index contributed by atoms with van der Waals surface area (Å²) in [6.07, 6.45) is 0. The van der Waals surface area contributed by atoms with Gasteiger partial charge in [-0.05, 0) is 82.9 Å². The quantitative estimate of drug-likeness (QED) is 0.182. The summed E-state index contributed by atoms with van der Waals surface area (Å²) in [6, 6.07) is 60.9. The largest absolute Gasteiger partial charge is 0.228 e. The van der Waals surface area contributed by atoms with Gasteiger partial charge in [0.1, 0.15) is 0 Å². The van der Waals surface area contributed by atoms with Crippen LogP contribution in [0.3, 0.4) is 0 Å². The fourth-order valence-corrected chi connectivity index (χ4v) is 9.16. The number of benzene rings is 7. The molecule has 0 bridgehead atoms. The van der Waals surface area contributed by atoms with E-state index >= 15 is 0 Å². The molecular weight excluding hydrogens is 645 g/mol. The standard InChI is InChI=1S/C46H28N2S2/c1-3-11-29(12-4-1)40-28-41(30-13-5-2-6-14-30)48-46(47-40)35-24-33(31-19-21-44-38(26-31)36-15-7-9-17-42(36)49-44)23-34(25-35)32-20-22-45-39(27-32)37-16-8-10-18-43(37)50-45/h1-28H. The van der Waals surface area contributed by atoms with E-state index in [0.717, 1.165) is 39.2 Å². The van der Waals surface area contributed by atoms with Gasteiger partial charge >= 0.3 is 0 Å². The topological polar surface area (TPSA) is 25.8 Å². The summed E-state index contributed by atoms with van der Waals surface area (Å²) in [4.78, 5) is 10.5. The molecule has 0 N–H and O–H groups in total. The summed E-state index contributed by atoms with van der Waals surface area (Å²) in [5, 5.41) is 5.17. The number of rotatable bonds is 5. The second-order valence-corrected chi connectivity index (χ2v) is 14.8. The average Bonchev–Trinajstić information content (AvgIpc) is 3.76. The fourth-order valence-electron chi connectivity index (χ4n) is 6.99. The molecule has 7 aromatic carbocycles. The fraction of sp³-hybridized carbons (Fsp3) is 0. The molecule has 234 valence electrons. The highest BCUT2D eigenvalue weighted by atomic mass is 32.1. The van der Waals surface area contributed by atoms with E-state index in [-0.39, 0.29) is 0 Å². The zero-order valence-corrected chi connectivity index (χ0v) is 28.5. The van der Waals surface area contributed by atoms with E-state index in [0.29, 0.717) is 5.82 Å². The number of nitrogens with zero attached hydrogens (tertiary/aromatic N) is 2. The van der Waals surface area contributed by atoms with Gasteiger partial charge in [-0.2, -0.15) is 0 Å². The van der Waals surface area contributed by atoms with Gasteiger partial charge in [0.15, 0.2) is 5.82 Å². The van der Waals surface area contributed by atoms with Crippen molar-refractivity contribution in [1.82, 2.24) is 9.97 Å². The van der Waals surface area contributed by atoms with Gasteiger partial charge in [0.25, 0.3) is 0 Å². The van der Waals surface area contributed by atoms with Crippen molar-refractivity contribution in [2.45, 2.75) is 0 Å². The Morgan fingerprint density at radius 1 is 0.280 bits per heavy atom. The maximum atomic E-state index is 5.23. The van der Waals surface area contributed by atoms with E-state index in [2.05, 4.69) is 158 Å². The zero-order chi connectivity index (χ0) is 33.0. The minimum absolute atomic E-state index is 0.706. The number of hydrogen-bond donors (Lipinski definition) is 0. The molecule has 0 unspecified atom stereocenters. The molecule has 0 aliphatic carbocycles. The van der Waals surface area contributed by atoms with Gasteiger partial charge in [0, 0.05) is 57.0 Å². The molecule has 0 amide bonds. The average molecular weight is 673 g/mol. The van der Waals surface area contributed by atoms with Gasteiger partial charge < -0.3 is 0 Å². The molecule has 3 heterocycles. The molecule has 4 heteroatoms. The highest BCUT2D eigenvalue weighted by Gasteiger charge is 2.16. The van der Waals surface area contributed by atoms with Crippen LogP contribution in [0.5, 0.6) is 0 Å². The van der Waals surface area contributed by atoms with Crippen molar-refractivity contribution in [3.8, 4) is 56.2 Å². The van der Waals surface area contributed by atoms with Crippen LogP contribution in [0.25, 0.3) is 96.5 Å². The van der Waals surface area contributed by atoms with E-state index in [9.17, 15) is 0 Å². The normalized spacial score (nSPS) is 11.6. The van der Waals surface area contributed by atoms with Crippen molar-refractivity contribution >= 4 is 63.0 Å². The highest BCUT2D eigenvalue weighted by molar-refractivity contribution is 7.26. The van der Waals surface area contributed by atoms with Crippen molar-refractivity contribution in [3.63, 3.8) is 0 Å². The lowest BCUT2D eigenvalue weighted by Gasteiger charge is -2.13. The lowest BCUT2D eigenvalue weighted by molar-refractivity contribution is 1.18. The van der Waals surface area contributed by atoms with Crippen LogP contribution in [0.1, 0.15) is 0 Å². The molecule has 10 aromatic rings. The van der Waals surface area contributed by atoms with E-state index in [1.54, 1.807) is 0 Å². The van der Waals surface area contributed by atoms with Crippen LogP contribution >= 0.6 is 22.7 Å². The first-order valence-electron chi connectivity index (χ1n) is 16.7. The molecule has 0 saturated carbocycles. The van der Waals surface area contributed by atoms with E-state index in [1.165, 1.54) is 51.5 Å². The Morgan fingerprint density at radius 2 is 0.700 bits per heavy atom. The van der Waals surface area contributed by atoms with Crippen molar-refractivity contribution in [2.75, 3.05) is 0 Å². The monoisotopic (exact) mass is 672 g/mol. The highest BCUT2D eigenvalue weighted by Crippen LogP contribution is 2.41. The molecule has 0 aliphatic heterocycles. The zero-order valence-electron chi connectivity index (χ0n) is 26.9. The Bertz CT molecular complexity index is 2680. The smallest absolute Gasteiger partial charge is 0.160 e. The first kappa shape index (κ1) is 29.0. The molecule has 2 nitrogen and oxygen atoms in total. The molecule has 0 radical (unpaired) electrons. The van der Waals surface area contributed by atoms with E-state index in [4.69, 9.17) is 9.97 Å². The van der Waals surface area contributed by atoms with E-state index < -0.39 is 0 Å². The summed E-state index contributed by atoms with van der Waals surface area (Å²) >= 11 is 3.70. The van der Waals surface area contributed by atoms with Crippen molar-refractivity contribution in [1.29, 1.82) is 0 Å². The number of hydrogen-bond acceptors (Lipinski definition) is 4. The van der Waals surface area contributed by atoms with Gasteiger partial charge in [-0.3, -0.25) is 0 Å². The Morgan fingerprint density at radius 3 is 1.20 bits per heavy atom. The molecule has 0 saturated heterocycles. The first-order chi connectivity index (χ1) is 24.7. The van der Waals surface area contributed by atoms with Crippen LogP contribution in [0.2, 0.25) is 0 Å². The summed E-state index contributed by atoms with van der Waals surface area (Å²) in [5.74, 6) is 0.706. The van der Waals surface area contributed by atoms with Crippen LogP contribution in [-0.4, -0.2) is 9.97 Å². The summed E-state index contributed by atoms with van der Waals surface area (Å²) in [6.45, 7) is 0. The third-order valence-electron chi connectivity index (χ3n) is 9.48. The minimum Gasteiger partial charge on any atom is -0.228 e. The molecular formula is C46H28N2S2. The molecule has 3 aromatic heterocycles. The lowest BCUT2D eigenvalue weighted by Crippen LogP contribution is -1.97. The maximum Gasteiger partial charge on any atom is 0.160 e. The SMILES string of the molecule is c1ccc(-c2cc(-c3ccccc3)nc(-c3cc(-c4ccc5sc6ccccc6c5c4)cc(-c4ccc5sc6ccccc6c5c4)c3)n2)cc1. The van der Waals surface area contributed by atoms with Crippen molar-refractivity contribution in [2.24, 2.45) is 0 Å². The van der Waals surface area contributed by atoms with Gasteiger partial charge in [0.05, 0.1) is 11.4 Å². The third kappa shape index (κ3) is 5.09. The Balaban J connectivity index is 1.21. The number of fused-ring (bicyclic) bond motifs is 6.